The molecular formula is C18H27BrN4O2. The Morgan fingerprint density at radius 2 is 1.88 bits per heavy atom. The summed E-state index contributed by atoms with van der Waals surface area (Å²) >= 11 is 3.43. The molecule has 6 nitrogen and oxygen atoms in total. The second-order valence-corrected chi connectivity index (χ2v) is 6.03. The van der Waals surface area contributed by atoms with Crippen molar-refractivity contribution in [1.29, 1.82) is 0 Å². The van der Waals surface area contributed by atoms with Gasteiger partial charge in [-0.15, -0.1) is 0 Å². The molecule has 1 aromatic carbocycles. The van der Waals surface area contributed by atoms with E-state index in [1.165, 1.54) is 6.08 Å². The first-order valence-corrected chi connectivity index (χ1v) is 9.10. The van der Waals surface area contributed by atoms with Gasteiger partial charge in [-0.2, -0.15) is 0 Å². The molecule has 0 unspecified atom stereocenters. The summed E-state index contributed by atoms with van der Waals surface area (Å²) in [6.45, 7) is 8.68. The van der Waals surface area contributed by atoms with Gasteiger partial charge in [-0.3, -0.25) is 4.79 Å². The molecule has 0 radical (unpaired) electrons. The molecule has 1 saturated heterocycles. The van der Waals surface area contributed by atoms with E-state index >= 15 is 0 Å². The van der Waals surface area contributed by atoms with Gasteiger partial charge >= 0.3 is 0 Å². The topological polar surface area (TPSA) is 93.6 Å². The quantitative estimate of drug-likeness (QED) is 0.523. The third kappa shape index (κ3) is 6.43. The molecule has 0 atom stereocenters. The zero-order valence-electron chi connectivity index (χ0n) is 15.0. The number of benzene rings is 1. The second kappa shape index (κ2) is 10.8. The Bertz CT molecular complexity index is 638. The standard InChI is InChI=1S/C16H21BrN4O2.C2H6/c1-11-12(17)3-2-4-14(11)20-16(22)13(18)5-6-15(19)21-7-9-23-10-8-21;1-2/h2-6H,7-10,18-19H2,1H3,(H,20,22);1-2H3/b13-5-,15-6+;. The van der Waals surface area contributed by atoms with Crippen LogP contribution in [0.3, 0.4) is 0 Å². The molecule has 25 heavy (non-hydrogen) atoms. The number of ether oxygens (including phenoxy) is 1. The average Bonchev–Trinajstić information content (AvgIpc) is 2.65. The molecule has 0 bridgehead atoms. The normalized spacial score (nSPS) is 15.3. The predicted octanol–water partition coefficient (Wildman–Crippen LogP) is 2.70. The SMILES string of the molecule is CC.Cc1c(Br)cccc1NC(=O)/C(N)=C/C=C(\N)N1CCOCC1. The van der Waals surface area contributed by atoms with Crippen molar-refractivity contribution >= 4 is 27.5 Å². The Hall–Kier alpha value is -1.99. The first-order valence-electron chi connectivity index (χ1n) is 8.31. The molecule has 5 N–H and O–H groups in total. The molecule has 0 spiro atoms. The molecule has 2 rings (SSSR count). The van der Waals surface area contributed by atoms with Gasteiger partial charge in [-0.05, 0) is 36.8 Å². The molecule has 1 aromatic rings. The molecule has 0 aliphatic carbocycles. The summed E-state index contributed by atoms with van der Waals surface area (Å²) in [6.07, 6.45) is 3.17. The van der Waals surface area contributed by atoms with Crippen LogP contribution in [0.25, 0.3) is 0 Å². The van der Waals surface area contributed by atoms with Crippen molar-refractivity contribution in [3.8, 4) is 0 Å². The van der Waals surface area contributed by atoms with Gasteiger partial charge in [0.15, 0.2) is 0 Å². The fourth-order valence-electron chi connectivity index (χ4n) is 2.12. The van der Waals surface area contributed by atoms with E-state index in [4.69, 9.17) is 16.2 Å². The van der Waals surface area contributed by atoms with E-state index < -0.39 is 0 Å². The van der Waals surface area contributed by atoms with E-state index in [-0.39, 0.29) is 11.6 Å². The maximum atomic E-state index is 12.1. The van der Waals surface area contributed by atoms with E-state index in [2.05, 4.69) is 21.2 Å². The number of hydrogen-bond donors (Lipinski definition) is 3. The van der Waals surface area contributed by atoms with Crippen LogP contribution in [0.4, 0.5) is 5.69 Å². The highest BCUT2D eigenvalue weighted by Gasteiger charge is 2.11. The zero-order valence-corrected chi connectivity index (χ0v) is 16.6. The van der Waals surface area contributed by atoms with Crippen molar-refractivity contribution in [3.05, 3.63) is 51.9 Å². The van der Waals surface area contributed by atoms with E-state index in [1.807, 2.05) is 43.9 Å². The lowest BCUT2D eigenvalue weighted by Crippen LogP contribution is -2.38. The predicted molar refractivity (Wildman–Crippen MR) is 106 cm³/mol. The van der Waals surface area contributed by atoms with Crippen LogP contribution in [0.5, 0.6) is 0 Å². The van der Waals surface area contributed by atoms with Gasteiger partial charge in [0.25, 0.3) is 5.91 Å². The van der Waals surface area contributed by atoms with Gasteiger partial charge in [0.2, 0.25) is 0 Å². The summed E-state index contributed by atoms with van der Waals surface area (Å²) in [5.41, 5.74) is 13.6. The minimum atomic E-state index is -0.364. The number of carbonyl (C=O) groups is 1. The number of rotatable bonds is 4. The number of nitrogens with two attached hydrogens (primary N) is 2. The van der Waals surface area contributed by atoms with Crippen molar-refractivity contribution in [3.63, 3.8) is 0 Å². The highest BCUT2D eigenvalue weighted by atomic mass is 79.9. The summed E-state index contributed by atoms with van der Waals surface area (Å²) in [6, 6.07) is 5.59. The number of nitrogens with one attached hydrogen (secondary N) is 1. The van der Waals surface area contributed by atoms with Gasteiger partial charge in [-0.1, -0.05) is 35.8 Å². The van der Waals surface area contributed by atoms with Crippen molar-refractivity contribution in [2.24, 2.45) is 11.5 Å². The molecular weight excluding hydrogens is 384 g/mol. The number of halogens is 1. The van der Waals surface area contributed by atoms with Crippen LogP contribution in [-0.2, 0) is 9.53 Å². The number of morpholine rings is 1. The molecule has 1 aliphatic heterocycles. The van der Waals surface area contributed by atoms with Crippen molar-refractivity contribution < 1.29 is 9.53 Å². The Kier molecular flexibility index (Phi) is 9.08. The molecule has 0 saturated carbocycles. The maximum absolute atomic E-state index is 12.1. The molecule has 7 heteroatoms. The number of allylic oxidation sites excluding steroid dienone is 2. The minimum absolute atomic E-state index is 0.0978. The lowest BCUT2D eigenvalue weighted by molar-refractivity contribution is -0.112. The number of amides is 1. The van der Waals surface area contributed by atoms with Gasteiger partial charge in [0, 0.05) is 23.2 Å². The van der Waals surface area contributed by atoms with E-state index in [0.29, 0.717) is 24.7 Å². The summed E-state index contributed by atoms with van der Waals surface area (Å²) in [4.78, 5) is 14.1. The Morgan fingerprint density at radius 3 is 2.52 bits per heavy atom. The number of nitrogens with zero attached hydrogens (tertiary/aromatic N) is 1. The van der Waals surface area contributed by atoms with Gasteiger partial charge in [0.05, 0.1) is 24.7 Å². The van der Waals surface area contributed by atoms with Crippen molar-refractivity contribution in [2.45, 2.75) is 20.8 Å². The Morgan fingerprint density at radius 1 is 1.24 bits per heavy atom. The summed E-state index contributed by atoms with van der Waals surface area (Å²) in [7, 11) is 0. The number of anilines is 1. The largest absolute Gasteiger partial charge is 0.394 e. The fourth-order valence-corrected chi connectivity index (χ4v) is 2.48. The lowest BCUT2D eigenvalue weighted by atomic mass is 10.2. The summed E-state index contributed by atoms with van der Waals surface area (Å²) < 4.78 is 6.19. The Balaban J connectivity index is 0.00000151. The first-order chi connectivity index (χ1) is 12.0. The fraction of sp³-hybridized carbons (Fsp3) is 0.389. The van der Waals surface area contributed by atoms with Gasteiger partial charge in [-0.25, -0.2) is 0 Å². The van der Waals surface area contributed by atoms with Crippen LogP contribution in [0, 0.1) is 6.92 Å². The summed E-state index contributed by atoms with van der Waals surface area (Å²) in [5.74, 6) is 0.208. The third-order valence-corrected chi connectivity index (χ3v) is 4.45. The van der Waals surface area contributed by atoms with Crippen molar-refractivity contribution in [1.82, 2.24) is 4.90 Å². The van der Waals surface area contributed by atoms with E-state index in [0.717, 1.165) is 23.1 Å². The molecule has 0 aromatic heterocycles. The lowest BCUT2D eigenvalue weighted by Gasteiger charge is -2.28. The first kappa shape index (κ1) is 21.1. The minimum Gasteiger partial charge on any atom is -0.394 e. The second-order valence-electron chi connectivity index (χ2n) is 5.18. The van der Waals surface area contributed by atoms with Crippen LogP contribution >= 0.6 is 15.9 Å². The highest BCUT2D eigenvalue weighted by molar-refractivity contribution is 9.10. The maximum Gasteiger partial charge on any atom is 0.271 e. The molecule has 1 aliphatic rings. The smallest absolute Gasteiger partial charge is 0.271 e. The van der Waals surface area contributed by atoms with E-state index in [9.17, 15) is 4.79 Å². The molecule has 138 valence electrons. The van der Waals surface area contributed by atoms with Crippen LogP contribution in [0.2, 0.25) is 0 Å². The van der Waals surface area contributed by atoms with E-state index in [1.54, 1.807) is 6.08 Å². The average molecular weight is 411 g/mol. The zero-order chi connectivity index (χ0) is 18.8. The van der Waals surface area contributed by atoms with Crippen LogP contribution in [-0.4, -0.2) is 37.1 Å². The number of carbonyl (C=O) groups excluding carboxylic acids is 1. The highest BCUT2D eigenvalue weighted by Crippen LogP contribution is 2.23. The van der Waals surface area contributed by atoms with Gasteiger partial charge in [0.1, 0.15) is 0 Å². The molecule has 1 amide bonds. The Labute approximate surface area is 158 Å². The summed E-state index contributed by atoms with van der Waals surface area (Å²) in [5, 5.41) is 2.79. The number of hydrogen-bond acceptors (Lipinski definition) is 5. The van der Waals surface area contributed by atoms with Crippen LogP contribution in [0.15, 0.2) is 46.3 Å². The molecule has 1 heterocycles. The van der Waals surface area contributed by atoms with Crippen molar-refractivity contribution in [2.75, 3.05) is 31.6 Å². The third-order valence-electron chi connectivity index (χ3n) is 3.59. The van der Waals surface area contributed by atoms with Crippen LogP contribution < -0.4 is 16.8 Å². The van der Waals surface area contributed by atoms with Gasteiger partial charge < -0.3 is 26.4 Å². The monoisotopic (exact) mass is 410 g/mol. The van der Waals surface area contributed by atoms with Crippen LogP contribution in [0.1, 0.15) is 19.4 Å². The molecule has 1 fully saturated rings.